The van der Waals surface area contributed by atoms with E-state index in [2.05, 4.69) is 10.6 Å². The summed E-state index contributed by atoms with van der Waals surface area (Å²) in [6.45, 7) is 0.619. The number of rotatable bonds is 4. The van der Waals surface area contributed by atoms with Crippen molar-refractivity contribution in [3.8, 4) is 0 Å². The number of halogens is 2. The van der Waals surface area contributed by atoms with Gasteiger partial charge >= 0.3 is 12.0 Å². The molecule has 0 heterocycles. The first kappa shape index (κ1) is 15.6. The molecule has 0 aliphatic rings. The fraction of sp³-hybridized carbons (Fsp3) is 0.273. The van der Waals surface area contributed by atoms with Crippen molar-refractivity contribution in [2.24, 2.45) is 0 Å². The van der Waals surface area contributed by atoms with Crippen molar-refractivity contribution in [1.29, 1.82) is 0 Å². The molecule has 1 aromatic rings. The molecule has 0 aliphatic heterocycles. The molecular formula is C11H12Cl2N2O4. The van der Waals surface area contributed by atoms with Crippen LogP contribution in [-0.4, -0.2) is 34.4 Å². The van der Waals surface area contributed by atoms with E-state index in [1.165, 1.54) is 6.07 Å². The average molecular weight is 307 g/mol. The van der Waals surface area contributed by atoms with E-state index in [9.17, 15) is 14.7 Å². The maximum absolute atomic E-state index is 11.5. The van der Waals surface area contributed by atoms with E-state index in [0.29, 0.717) is 0 Å². The number of hydrogen-bond donors (Lipinski definition) is 4. The van der Waals surface area contributed by atoms with Crippen LogP contribution in [0.1, 0.15) is 6.92 Å². The zero-order valence-electron chi connectivity index (χ0n) is 9.91. The van der Waals surface area contributed by atoms with Gasteiger partial charge in [-0.25, -0.2) is 9.59 Å². The average Bonchev–Trinajstić information content (AvgIpc) is 2.32. The molecule has 8 heteroatoms. The van der Waals surface area contributed by atoms with Crippen LogP contribution in [0.15, 0.2) is 18.2 Å². The van der Waals surface area contributed by atoms with Crippen LogP contribution in [0.2, 0.25) is 10.0 Å². The van der Waals surface area contributed by atoms with E-state index in [-0.39, 0.29) is 15.7 Å². The van der Waals surface area contributed by atoms with Crippen LogP contribution in [-0.2, 0) is 4.79 Å². The Morgan fingerprint density at radius 1 is 1.37 bits per heavy atom. The number of carbonyl (C=O) groups excluding carboxylic acids is 1. The van der Waals surface area contributed by atoms with Crippen LogP contribution in [0.5, 0.6) is 0 Å². The molecule has 104 valence electrons. The summed E-state index contributed by atoms with van der Waals surface area (Å²) in [4.78, 5) is 22.1. The summed E-state index contributed by atoms with van der Waals surface area (Å²) in [5.74, 6) is -1.44. The third-order valence-electron chi connectivity index (χ3n) is 2.25. The maximum atomic E-state index is 11.5. The molecule has 0 saturated carbocycles. The van der Waals surface area contributed by atoms with Gasteiger partial charge in [0.05, 0.1) is 22.3 Å². The van der Waals surface area contributed by atoms with Crippen molar-refractivity contribution < 1.29 is 19.8 Å². The second-order valence-corrected chi connectivity index (χ2v) is 4.77. The molecule has 4 N–H and O–H groups in total. The van der Waals surface area contributed by atoms with Gasteiger partial charge in [-0.05, 0) is 19.1 Å². The largest absolute Gasteiger partial charge is 0.479 e. The SMILES string of the molecule is CC(O)(CNC(=O)Nc1cccc(Cl)c1Cl)C(=O)O. The van der Waals surface area contributed by atoms with Crippen LogP contribution in [0, 0.1) is 0 Å². The van der Waals surface area contributed by atoms with E-state index in [0.717, 1.165) is 6.92 Å². The first-order valence-electron chi connectivity index (χ1n) is 5.18. The molecule has 0 spiro atoms. The molecule has 0 bridgehead atoms. The minimum Gasteiger partial charge on any atom is -0.479 e. The van der Waals surface area contributed by atoms with Gasteiger partial charge in [-0.2, -0.15) is 0 Å². The molecule has 2 amide bonds. The molecule has 0 aliphatic carbocycles. The number of aliphatic hydroxyl groups is 1. The molecule has 1 atom stereocenters. The summed E-state index contributed by atoms with van der Waals surface area (Å²) in [7, 11) is 0. The van der Waals surface area contributed by atoms with Crippen LogP contribution in [0.3, 0.4) is 0 Å². The van der Waals surface area contributed by atoms with Gasteiger partial charge in [0.25, 0.3) is 0 Å². The predicted molar refractivity (Wildman–Crippen MR) is 71.7 cm³/mol. The minimum atomic E-state index is -2.05. The second kappa shape index (κ2) is 6.10. The number of hydrogen-bond acceptors (Lipinski definition) is 3. The summed E-state index contributed by atoms with van der Waals surface area (Å²) in [6.07, 6.45) is 0. The van der Waals surface area contributed by atoms with Crippen molar-refractivity contribution >= 4 is 40.9 Å². The van der Waals surface area contributed by atoms with E-state index in [1.54, 1.807) is 12.1 Å². The van der Waals surface area contributed by atoms with Crippen LogP contribution >= 0.6 is 23.2 Å². The first-order valence-corrected chi connectivity index (χ1v) is 5.94. The molecule has 1 unspecified atom stereocenters. The van der Waals surface area contributed by atoms with Gasteiger partial charge in [0, 0.05) is 0 Å². The quantitative estimate of drug-likeness (QED) is 0.683. The number of benzene rings is 1. The van der Waals surface area contributed by atoms with Gasteiger partial charge < -0.3 is 20.8 Å². The van der Waals surface area contributed by atoms with E-state index < -0.39 is 24.1 Å². The topological polar surface area (TPSA) is 98.7 Å². The first-order chi connectivity index (χ1) is 8.74. The summed E-state index contributed by atoms with van der Waals surface area (Å²) in [5.41, 5.74) is -1.77. The van der Waals surface area contributed by atoms with E-state index >= 15 is 0 Å². The van der Waals surface area contributed by atoms with Crippen LogP contribution in [0.4, 0.5) is 10.5 Å². The van der Waals surface area contributed by atoms with Crippen LogP contribution < -0.4 is 10.6 Å². The van der Waals surface area contributed by atoms with Crippen molar-refractivity contribution in [2.75, 3.05) is 11.9 Å². The minimum absolute atomic E-state index is 0.171. The van der Waals surface area contributed by atoms with Gasteiger partial charge in [-0.15, -0.1) is 0 Å². The van der Waals surface area contributed by atoms with E-state index in [4.69, 9.17) is 28.3 Å². The fourth-order valence-corrected chi connectivity index (χ4v) is 1.44. The smallest absolute Gasteiger partial charge is 0.337 e. The Labute approximate surface area is 119 Å². The molecule has 19 heavy (non-hydrogen) atoms. The van der Waals surface area contributed by atoms with Crippen molar-refractivity contribution in [1.82, 2.24) is 5.32 Å². The molecule has 0 aromatic heterocycles. The molecule has 1 aromatic carbocycles. The number of amides is 2. The van der Waals surface area contributed by atoms with Gasteiger partial charge in [0.1, 0.15) is 0 Å². The Balaban J connectivity index is 2.62. The van der Waals surface area contributed by atoms with Crippen molar-refractivity contribution in [2.45, 2.75) is 12.5 Å². The van der Waals surface area contributed by atoms with Gasteiger partial charge in [-0.1, -0.05) is 29.3 Å². The highest BCUT2D eigenvalue weighted by atomic mass is 35.5. The lowest BCUT2D eigenvalue weighted by molar-refractivity contribution is -0.155. The van der Waals surface area contributed by atoms with Gasteiger partial charge in [0.2, 0.25) is 0 Å². The van der Waals surface area contributed by atoms with E-state index in [1.807, 2.05) is 0 Å². The molecule has 0 fully saturated rings. The predicted octanol–water partition coefficient (Wildman–Crippen LogP) is 1.95. The Kier molecular flexibility index (Phi) is 4.99. The lowest BCUT2D eigenvalue weighted by Gasteiger charge is -2.18. The zero-order valence-corrected chi connectivity index (χ0v) is 11.4. The highest BCUT2D eigenvalue weighted by molar-refractivity contribution is 6.43. The molecule has 6 nitrogen and oxygen atoms in total. The molecular weight excluding hydrogens is 295 g/mol. The van der Waals surface area contributed by atoms with Crippen LogP contribution in [0.25, 0.3) is 0 Å². The zero-order chi connectivity index (χ0) is 14.6. The Hall–Kier alpha value is -1.50. The Morgan fingerprint density at radius 2 is 2.00 bits per heavy atom. The van der Waals surface area contributed by atoms with Crippen molar-refractivity contribution in [3.05, 3.63) is 28.2 Å². The second-order valence-electron chi connectivity index (χ2n) is 3.99. The lowest BCUT2D eigenvalue weighted by Crippen LogP contribution is -2.47. The molecule has 0 saturated heterocycles. The number of urea groups is 1. The molecule has 0 radical (unpaired) electrons. The van der Waals surface area contributed by atoms with Gasteiger partial charge in [-0.3, -0.25) is 0 Å². The van der Waals surface area contributed by atoms with Crippen molar-refractivity contribution in [3.63, 3.8) is 0 Å². The Morgan fingerprint density at radius 3 is 2.58 bits per heavy atom. The monoisotopic (exact) mass is 306 g/mol. The lowest BCUT2D eigenvalue weighted by atomic mass is 10.1. The third-order valence-corrected chi connectivity index (χ3v) is 3.07. The highest BCUT2D eigenvalue weighted by Crippen LogP contribution is 2.29. The maximum Gasteiger partial charge on any atom is 0.337 e. The number of carbonyl (C=O) groups is 2. The number of anilines is 1. The Bertz CT molecular complexity index is 505. The molecule has 1 rings (SSSR count). The summed E-state index contributed by atoms with van der Waals surface area (Å²) >= 11 is 11.6. The third kappa shape index (κ3) is 4.27. The number of carboxylic acid groups (broad SMARTS) is 1. The fourth-order valence-electron chi connectivity index (χ4n) is 1.09. The standard InChI is InChI=1S/C11H12Cl2N2O4/c1-11(19,9(16)17)5-14-10(18)15-7-4-2-3-6(12)8(7)13/h2-4,19H,5H2,1H3,(H,16,17)(H2,14,15,18). The normalized spacial score (nSPS) is 13.5. The number of carboxylic acids is 1. The number of nitrogens with one attached hydrogen (secondary N) is 2. The number of aliphatic carboxylic acids is 1. The summed E-state index contributed by atoms with van der Waals surface area (Å²) in [5, 5.41) is 23.1. The summed E-state index contributed by atoms with van der Waals surface area (Å²) in [6, 6.07) is 3.98. The summed E-state index contributed by atoms with van der Waals surface area (Å²) < 4.78 is 0. The van der Waals surface area contributed by atoms with Gasteiger partial charge in [0.15, 0.2) is 5.60 Å². The highest BCUT2D eigenvalue weighted by Gasteiger charge is 2.30.